The lowest BCUT2D eigenvalue weighted by Crippen LogP contribution is -1.75. The van der Waals surface area contributed by atoms with Crippen molar-refractivity contribution in [1.29, 1.82) is 0 Å². The molecule has 0 unspecified atom stereocenters. The summed E-state index contributed by atoms with van der Waals surface area (Å²) in [7, 11) is 0. The number of halogens is 1. The Balaban J connectivity index is 2.24. The highest BCUT2D eigenvalue weighted by molar-refractivity contribution is 9.10. The van der Waals surface area contributed by atoms with Gasteiger partial charge in [0.25, 0.3) is 0 Å². The van der Waals surface area contributed by atoms with Gasteiger partial charge >= 0.3 is 0 Å². The summed E-state index contributed by atoms with van der Waals surface area (Å²) in [5.74, 6) is 0.552. The summed E-state index contributed by atoms with van der Waals surface area (Å²) < 4.78 is 6.03. The highest BCUT2D eigenvalue weighted by Gasteiger charge is 2.05. The van der Waals surface area contributed by atoms with Gasteiger partial charge in [0.2, 0.25) is 0 Å². The third kappa shape index (κ3) is 2.42. The molecule has 1 aromatic heterocycles. The Labute approximate surface area is 99.8 Å². The van der Waals surface area contributed by atoms with Gasteiger partial charge in [0.15, 0.2) is 0 Å². The second-order valence-electron chi connectivity index (χ2n) is 3.07. The molecule has 0 aliphatic carbocycles. The van der Waals surface area contributed by atoms with Crippen molar-refractivity contribution >= 4 is 15.9 Å². The monoisotopic (exact) mass is 278 g/mol. The molecule has 0 spiro atoms. The Kier molecular flexibility index (Phi) is 3.24. The van der Waals surface area contributed by atoms with E-state index in [0.29, 0.717) is 5.76 Å². The molecule has 0 aliphatic rings. The summed E-state index contributed by atoms with van der Waals surface area (Å²) >= 11 is 3.36. The molecule has 2 rings (SSSR count). The van der Waals surface area contributed by atoms with Crippen LogP contribution in [0.25, 0.3) is 21.7 Å². The summed E-state index contributed by atoms with van der Waals surface area (Å²) in [4.78, 5) is 2.66. The van der Waals surface area contributed by atoms with E-state index >= 15 is 0 Å². The van der Waals surface area contributed by atoms with Crippen LogP contribution >= 0.6 is 15.9 Å². The van der Waals surface area contributed by atoms with Gasteiger partial charge in [-0.1, -0.05) is 38.3 Å². The van der Waals surface area contributed by atoms with Crippen molar-refractivity contribution < 1.29 is 4.52 Å². The van der Waals surface area contributed by atoms with E-state index in [4.69, 9.17) is 10.1 Å². The zero-order valence-corrected chi connectivity index (χ0v) is 9.75. The smallest absolute Gasteiger partial charge is 0.143 e. The summed E-state index contributed by atoms with van der Waals surface area (Å²) in [6, 6.07) is 9.48. The molecule has 0 N–H and O–H groups in total. The standard InChI is InChI=1S/C10H7BrN4O/c11-8-3-1-7(2-4-8)10-5-9(16-14-10)6-13-15-12/h1-5H,6H2. The largest absolute Gasteiger partial charge is 0.361 e. The van der Waals surface area contributed by atoms with Gasteiger partial charge < -0.3 is 4.52 Å². The fourth-order valence-corrected chi connectivity index (χ4v) is 1.51. The Hall–Kier alpha value is -1.78. The number of azide groups is 1. The molecule has 0 amide bonds. The third-order valence-corrected chi connectivity index (χ3v) is 2.52. The first-order valence-electron chi connectivity index (χ1n) is 4.52. The summed E-state index contributed by atoms with van der Waals surface area (Å²) in [5.41, 5.74) is 9.86. The van der Waals surface area contributed by atoms with Crippen molar-refractivity contribution in [3.63, 3.8) is 0 Å². The van der Waals surface area contributed by atoms with E-state index in [1.165, 1.54) is 0 Å². The van der Waals surface area contributed by atoms with Crippen molar-refractivity contribution in [3.8, 4) is 11.3 Å². The van der Waals surface area contributed by atoms with Crippen LogP contribution in [0.15, 0.2) is 44.4 Å². The van der Waals surface area contributed by atoms with Gasteiger partial charge in [-0.2, -0.15) is 0 Å². The van der Waals surface area contributed by atoms with Crippen LogP contribution < -0.4 is 0 Å². The highest BCUT2D eigenvalue weighted by atomic mass is 79.9. The fraction of sp³-hybridized carbons (Fsp3) is 0.100. The lowest BCUT2D eigenvalue weighted by atomic mass is 10.1. The highest BCUT2D eigenvalue weighted by Crippen LogP contribution is 2.21. The topological polar surface area (TPSA) is 74.8 Å². The average Bonchev–Trinajstić information content (AvgIpc) is 2.76. The van der Waals surface area contributed by atoms with Crippen LogP contribution in [0.1, 0.15) is 5.76 Å². The lowest BCUT2D eigenvalue weighted by molar-refractivity contribution is 0.387. The van der Waals surface area contributed by atoms with Gasteiger partial charge in [0.05, 0.1) is 6.54 Å². The Bertz CT molecular complexity index is 528. The van der Waals surface area contributed by atoms with E-state index in [9.17, 15) is 0 Å². The predicted octanol–water partition coefficient (Wildman–Crippen LogP) is 3.91. The Morgan fingerprint density at radius 3 is 2.81 bits per heavy atom. The first kappa shape index (κ1) is 10.7. The third-order valence-electron chi connectivity index (χ3n) is 1.99. The van der Waals surface area contributed by atoms with Crippen molar-refractivity contribution in [1.82, 2.24) is 5.16 Å². The van der Waals surface area contributed by atoms with E-state index < -0.39 is 0 Å². The lowest BCUT2D eigenvalue weighted by Gasteiger charge is -1.94. The molecule has 80 valence electrons. The molecule has 16 heavy (non-hydrogen) atoms. The molecule has 0 fully saturated rings. The van der Waals surface area contributed by atoms with E-state index in [-0.39, 0.29) is 6.54 Å². The molecular weight excluding hydrogens is 272 g/mol. The summed E-state index contributed by atoms with van der Waals surface area (Å²) in [6.45, 7) is 0.181. The van der Waals surface area contributed by atoms with E-state index in [2.05, 4.69) is 31.1 Å². The first-order chi connectivity index (χ1) is 7.79. The zero-order valence-electron chi connectivity index (χ0n) is 8.17. The van der Waals surface area contributed by atoms with Crippen LogP contribution in [0.2, 0.25) is 0 Å². The molecule has 6 heteroatoms. The minimum Gasteiger partial charge on any atom is -0.361 e. The number of rotatable bonds is 3. The van der Waals surface area contributed by atoms with Gasteiger partial charge in [-0.25, -0.2) is 0 Å². The molecular formula is C10H7BrN4O. The minimum atomic E-state index is 0.181. The van der Waals surface area contributed by atoms with Crippen LogP contribution in [-0.2, 0) is 6.54 Å². The van der Waals surface area contributed by atoms with Crippen molar-refractivity contribution in [3.05, 3.63) is 51.0 Å². The zero-order chi connectivity index (χ0) is 11.4. The van der Waals surface area contributed by atoms with Crippen LogP contribution in [-0.4, -0.2) is 5.16 Å². The first-order valence-corrected chi connectivity index (χ1v) is 5.31. The second-order valence-corrected chi connectivity index (χ2v) is 3.99. The van der Waals surface area contributed by atoms with E-state index in [1.807, 2.05) is 24.3 Å². The van der Waals surface area contributed by atoms with E-state index in [0.717, 1.165) is 15.7 Å². The van der Waals surface area contributed by atoms with Gasteiger partial charge in [-0.05, 0) is 17.7 Å². The maximum absolute atomic E-state index is 8.17. The molecule has 1 heterocycles. The van der Waals surface area contributed by atoms with Crippen molar-refractivity contribution in [2.45, 2.75) is 6.54 Å². The second kappa shape index (κ2) is 4.83. The van der Waals surface area contributed by atoms with Gasteiger partial charge in [-0.15, -0.1) is 0 Å². The number of hydrogen-bond acceptors (Lipinski definition) is 3. The predicted molar refractivity (Wildman–Crippen MR) is 62.5 cm³/mol. The molecule has 0 radical (unpaired) electrons. The summed E-state index contributed by atoms with van der Waals surface area (Å²) in [6.07, 6.45) is 0. The van der Waals surface area contributed by atoms with Crippen LogP contribution in [0.5, 0.6) is 0 Å². The van der Waals surface area contributed by atoms with E-state index in [1.54, 1.807) is 6.07 Å². The SMILES string of the molecule is [N-]=[N+]=NCc1cc(-c2ccc(Br)cc2)no1. The Morgan fingerprint density at radius 2 is 2.12 bits per heavy atom. The number of aromatic nitrogens is 1. The fourth-order valence-electron chi connectivity index (χ4n) is 1.25. The van der Waals surface area contributed by atoms with Crippen LogP contribution in [0.4, 0.5) is 0 Å². The molecule has 0 bridgehead atoms. The maximum atomic E-state index is 8.17. The molecule has 0 saturated carbocycles. The molecule has 5 nitrogen and oxygen atoms in total. The van der Waals surface area contributed by atoms with Gasteiger partial charge in [0, 0.05) is 21.0 Å². The molecule has 1 aromatic carbocycles. The molecule has 0 atom stereocenters. The van der Waals surface area contributed by atoms with Crippen LogP contribution in [0, 0.1) is 0 Å². The number of benzene rings is 1. The number of nitrogens with zero attached hydrogens (tertiary/aromatic N) is 4. The minimum absolute atomic E-state index is 0.181. The Morgan fingerprint density at radius 1 is 1.38 bits per heavy atom. The van der Waals surface area contributed by atoms with Gasteiger partial charge in [0.1, 0.15) is 11.5 Å². The number of hydrogen-bond donors (Lipinski definition) is 0. The van der Waals surface area contributed by atoms with Crippen molar-refractivity contribution in [2.75, 3.05) is 0 Å². The normalized spacial score (nSPS) is 9.81. The average molecular weight is 279 g/mol. The molecule has 0 aliphatic heterocycles. The van der Waals surface area contributed by atoms with Crippen molar-refractivity contribution in [2.24, 2.45) is 5.11 Å². The quantitative estimate of drug-likeness (QED) is 0.485. The maximum Gasteiger partial charge on any atom is 0.143 e. The van der Waals surface area contributed by atoms with Gasteiger partial charge in [-0.3, -0.25) is 0 Å². The molecule has 0 saturated heterocycles. The summed E-state index contributed by atoms with van der Waals surface area (Å²) in [5, 5.41) is 7.30. The van der Waals surface area contributed by atoms with Crippen LogP contribution in [0.3, 0.4) is 0 Å². The molecule has 2 aromatic rings.